The molecular formula is C18H30N2O. The monoisotopic (exact) mass is 290 g/mol. The number of nitrogens with one attached hydrogen (secondary N) is 1. The van der Waals surface area contributed by atoms with Gasteiger partial charge < -0.3 is 11.1 Å². The van der Waals surface area contributed by atoms with Crippen LogP contribution in [0.5, 0.6) is 0 Å². The lowest BCUT2D eigenvalue weighted by Crippen LogP contribution is -2.37. The number of amides is 1. The van der Waals surface area contributed by atoms with Gasteiger partial charge in [0.15, 0.2) is 0 Å². The molecule has 0 radical (unpaired) electrons. The van der Waals surface area contributed by atoms with Crippen molar-refractivity contribution in [1.29, 1.82) is 0 Å². The minimum absolute atomic E-state index is 0.0584. The Morgan fingerprint density at radius 1 is 1.19 bits per heavy atom. The molecule has 0 heterocycles. The minimum Gasteiger partial charge on any atom is -0.353 e. The van der Waals surface area contributed by atoms with Crippen LogP contribution < -0.4 is 11.1 Å². The fourth-order valence-electron chi connectivity index (χ4n) is 2.48. The van der Waals surface area contributed by atoms with Gasteiger partial charge in [0.2, 0.25) is 5.91 Å². The Hall–Kier alpha value is -1.35. The van der Waals surface area contributed by atoms with Gasteiger partial charge in [-0.15, -0.1) is 0 Å². The Labute approximate surface area is 129 Å². The fraction of sp³-hybridized carbons (Fsp3) is 0.611. The summed E-state index contributed by atoms with van der Waals surface area (Å²) in [5.41, 5.74) is 8.32. The van der Waals surface area contributed by atoms with Gasteiger partial charge >= 0.3 is 0 Å². The summed E-state index contributed by atoms with van der Waals surface area (Å²) >= 11 is 0. The van der Waals surface area contributed by atoms with Crippen LogP contribution in [0, 0.1) is 12.8 Å². The largest absolute Gasteiger partial charge is 0.353 e. The smallest absolute Gasteiger partial charge is 0.223 e. The molecule has 3 nitrogen and oxygen atoms in total. The first-order chi connectivity index (χ1) is 9.90. The van der Waals surface area contributed by atoms with Crippen molar-refractivity contribution in [2.75, 3.05) is 0 Å². The first-order valence-electron chi connectivity index (χ1n) is 8.00. The lowest BCUT2D eigenvalue weighted by atomic mass is 9.99. The van der Waals surface area contributed by atoms with E-state index in [-0.39, 0.29) is 23.9 Å². The van der Waals surface area contributed by atoms with Gasteiger partial charge in [-0.1, -0.05) is 37.6 Å². The van der Waals surface area contributed by atoms with Crippen molar-refractivity contribution in [3.63, 3.8) is 0 Å². The van der Waals surface area contributed by atoms with Crippen LogP contribution in [0.3, 0.4) is 0 Å². The molecule has 0 aliphatic rings. The highest BCUT2D eigenvalue weighted by atomic mass is 16.1. The Bertz CT molecular complexity index is 443. The first-order valence-corrected chi connectivity index (χ1v) is 8.00. The zero-order chi connectivity index (χ0) is 15.8. The highest BCUT2D eigenvalue weighted by Gasteiger charge is 2.15. The van der Waals surface area contributed by atoms with E-state index in [4.69, 9.17) is 5.73 Å². The van der Waals surface area contributed by atoms with E-state index in [1.54, 1.807) is 0 Å². The standard InChI is InChI=1S/C18H30N2O/c1-13-8-5-6-11-17(13)12-16(4)20-18(21)14(2)9-7-10-15(3)19/h5-6,8,11,14-16H,7,9-10,12,19H2,1-4H3,(H,20,21). The molecule has 1 amide bonds. The van der Waals surface area contributed by atoms with Crippen molar-refractivity contribution in [3.05, 3.63) is 35.4 Å². The maximum atomic E-state index is 12.2. The lowest BCUT2D eigenvalue weighted by Gasteiger charge is -2.18. The third-order valence-corrected chi connectivity index (χ3v) is 3.92. The molecule has 21 heavy (non-hydrogen) atoms. The van der Waals surface area contributed by atoms with Crippen LogP contribution in [0.1, 0.15) is 51.2 Å². The van der Waals surface area contributed by atoms with E-state index in [0.29, 0.717) is 0 Å². The van der Waals surface area contributed by atoms with Crippen molar-refractivity contribution in [2.45, 2.75) is 65.5 Å². The maximum absolute atomic E-state index is 12.2. The molecule has 0 aliphatic heterocycles. The lowest BCUT2D eigenvalue weighted by molar-refractivity contribution is -0.125. The number of hydrogen-bond donors (Lipinski definition) is 2. The molecule has 0 aromatic heterocycles. The molecule has 0 fully saturated rings. The first kappa shape index (κ1) is 17.7. The van der Waals surface area contributed by atoms with E-state index < -0.39 is 0 Å². The predicted octanol–water partition coefficient (Wildman–Crippen LogP) is 3.20. The molecule has 3 N–H and O–H groups in total. The van der Waals surface area contributed by atoms with Crippen LogP contribution in [0.15, 0.2) is 24.3 Å². The molecule has 0 saturated carbocycles. The zero-order valence-corrected chi connectivity index (χ0v) is 13.9. The molecule has 3 atom stereocenters. The van der Waals surface area contributed by atoms with Gasteiger partial charge in [-0.25, -0.2) is 0 Å². The minimum atomic E-state index is 0.0584. The summed E-state index contributed by atoms with van der Waals surface area (Å²) in [4.78, 5) is 12.2. The van der Waals surface area contributed by atoms with Gasteiger partial charge in [0.25, 0.3) is 0 Å². The number of nitrogens with two attached hydrogens (primary N) is 1. The molecule has 0 aliphatic carbocycles. The summed E-state index contributed by atoms with van der Waals surface area (Å²) in [7, 11) is 0. The van der Waals surface area contributed by atoms with E-state index in [1.165, 1.54) is 11.1 Å². The number of benzene rings is 1. The van der Waals surface area contributed by atoms with Crippen molar-refractivity contribution < 1.29 is 4.79 Å². The van der Waals surface area contributed by atoms with E-state index in [9.17, 15) is 4.79 Å². The number of carbonyl (C=O) groups excluding carboxylic acids is 1. The summed E-state index contributed by atoms with van der Waals surface area (Å²) in [6.45, 7) is 8.19. The molecule has 0 saturated heterocycles. The van der Waals surface area contributed by atoms with E-state index in [0.717, 1.165) is 25.7 Å². The van der Waals surface area contributed by atoms with Crippen LogP contribution in [0.4, 0.5) is 0 Å². The van der Waals surface area contributed by atoms with Crippen molar-refractivity contribution in [3.8, 4) is 0 Å². The van der Waals surface area contributed by atoms with Gasteiger partial charge in [-0.05, 0) is 51.2 Å². The Morgan fingerprint density at radius 2 is 1.86 bits per heavy atom. The number of rotatable bonds is 8. The Balaban J connectivity index is 2.38. The van der Waals surface area contributed by atoms with Crippen molar-refractivity contribution in [2.24, 2.45) is 11.7 Å². The predicted molar refractivity (Wildman–Crippen MR) is 89.2 cm³/mol. The average molecular weight is 290 g/mol. The highest BCUT2D eigenvalue weighted by molar-refractivity contribution is 5.78. The zero-order valence-electron chi connectivity index (χ0n) is 13.9. The molecule has 1 rings (SSSR count). The average Bonchev–Trinajstić information content (AvgIpc) is 2.40. The number of carbonyl (C=O) groups is 1. The second-order valence-corrected chi connectivity index (χ2v) is 6.35. The third-order valence-electron chi connectivity index (χ3n) is 3.92. The molecule has 0 spiro atoms. The summed E-state index contributed by atoms with van der Waals surface area (Å²) in [6, 6.07) is 8.72. The molecule has 3 heteroatoms. The van der Waals surface area contributed by atoms with E-state index in [1.807, 2.05) is 26.0 Å². The van der Waals surface area contributed by atoms with Crippen LogP contribution >= 0.6 is 0 Å². The molecule has 0 bridgehead atoms. The summed E-state index contributed by atoms with van der Waals surface area (Å²) in [5, 5.41) is 3.12. The van der Waals surface area contributed by atoms with Crippen LogP contribution in [-0.2, 0) is 11.2 Å². The van der Waals surface area contributed by atoms with Gasteiger partial charge in [0.05, 0.1) is 0 Å². The Kier molecular flexibility index (Phi) is 7.44. The number of hydrogen-bond acceptors (Lipinski definition) is 2. The molecule has 1 aromatic carbocycles. The summed E-state index contributed by atoms with van der Waals surface area (Å²) in [6.07, 6.45) is 3.78. The second kappa shape index (κ2) is 8.83. The fourth-order valence-corrected chi connectivity index (χ4v) is 2.48. The topological polar surface area (TPSA) is 55.1 Å². The van der Waals surface area contributed by atoms with E-state index >= 15 is 0 Å². The third kappa shape index (κ3) is 6.76. The van der Waals surface area contributed by atoms with Gasteiger partial charge in [0, 0.05) is 18.0 Å². The molecular weight excluding hydrogens is 260 g/mol. The maximum Gasteiger partial charge on any atom is 0.223 e. The molecule has 118 valence electrons. The van der Waals surface area contributed by atoms with Crippen LogP contribution in [-0.4, -0.2) is 18.0 Å². The normalized spacial score (nSPS) is 15.3. The summed E-state index contributed by atoms with van der Waals surface area (Å²) in [5.74, 6) is 0.212. The van der Waals surface area contributed by atoms with Gasteiger partial charge in [-0.2, -0.15) is 0 Å². The van der Waals surface area contributed by atoms with Crippen molar-refractivity contribution >= 4 is 5.91 Å². The second-order valence-electron chi connectivity index (χ2n) is 6.35. The van der Waals surface area contributed by atoms with Crippen LogP contribution in [0.2, 0.25) is 0 Å². The number of aryl methyl sites for hydroxylation is 1. The SMILES string of the molecule is Cc1ccccc1CC(C)NC(=O)C(C)CCCC(C)N. The van der Waals surface area contributed by atoms with E-state index in [2.05, 4.69) is 31.3 Å². The molecule has 1 aromatic rings. The summed E-state index contributed by atoms with van der Waals surface area (Å²) < 4.78 is 0. The Morgan fingerprint density at radius 3 is 2.48 bits per heavy atom. The quantitative estimate of drug-likeness (QED) is 0.772. The van der Waals surface area contributed by atoms with Gasteiger partial charge in [-0.3, -0.25) is 4.79 Å². The van der Waals surface area contributed by atoms with Gasteiger partial charge in [0.1, 0.15) is 0 Å². The van der Waals surface area contributed by atoms with Crippen LogP contribution in [0.25, 0.3) is 0 Å². The molecule has 3 unspecified atom stereocenters. The van der Waals surface area contributed by atoms with Crippen molar-refractivity contribution in [1.82, 2.24) is 5.32 Å². The highest BCUT2D eigenvalue weighted by Crippen LogP contribution is 2.12.